The average Bonchev–Trinajstić information content (AvgIpc) is 2.94. The Labute approximate surface area is 137 Å². The van der Waals surface area contributed by atoms with Gasteiger partial charge in [-0.25, -0.2) is 0 Å². The van der Waals surface area contributed by atoms with Crippen molar-refractivity contribution in [2.45, 2.75) is 25.4 Å². The standard InChI is InChI=1S/C15H17ClF3NOS/c1-14(2,9-16)13(21)20-7-8-22-12(20)10-3-5-11(6-4-10)15(17,18)19/h3-6,12H,7-9H2,1-2H3/t12-/m1/s1. The Bertz CT molecular complexity index is 545. The summed E-state index contributed by atoms with van der Waals surface area (Å²) in [5.74, 6) is 0.889. The maximum atomic E-state index is 12.6. The van der Waals surface area contributed by atoms with Crippen molar-refractivity contribution >= 4 is 29.3 Å². The SMILES string of the molecule is CC(C)(CCl)C(=O)N1CCS[C@@H]1c1ccc(C(F)(F)F)cc1. The number of hydrogen-bond acceptors (Lipinski definition) is 2. The molecule has 0 N–H and O–H groups in total. The number of halogens is 4. The third-order valence-corrected chi connectivity index (χ3v) is 5.52. The molecule has 0 aromatic heterocycles. The molecule has 1 heterocycles. The van der Waals surface area contributed by atoms with Crippen LogP contribution < -0.4 is 0 Å². The van der Waals surface area contributed by atoms with Crippen molar-refractivity contribution in [2.75, 3.05) is 18.2 Å². The topological polar surface area (TPSA) is 20.3 Å². The van der Waals surface area contributed by atoms with E-state index in [9.17, 15) is 18.0 Å². The van der Waals surface area contributed by atoms with Crippen molar-refractivity contribution in [2.24, 2.45) is 5.41 Å². The highest BCUT2D eigenvalue weighted by atomic mass is 35.5. The number of benzene rings is 1. The maximum absolute atomic E-state index is 12.6. The molecule has 22 heavy (non-hydrogen) atoms. The Balaban J connectivity index is 2.22. The average molecular weight is 352 g/mol. The van der Waals surface area contributed by atoms with Gasteiger partial charge in [0.05, 0.1) is 11.0 Å². The fourth-order valence-electron chi connectivity index (χ4n) is 2.24. The number of alkyl halides is 4. The second kappa shape index (κ2) is 6.32. The van der Waals surface area contributed by atoms with Crippen molar-refractivity contribution in [3.63, 3.8) is 0 Å². The molecule has 1 fully saturated rings. The largest absolute Gasteiger partial charge is 0.416 e. The van der Waals surface area contributed by atoms with Gasteiger partial charge in [0, 0.05) is 18.2 Å². The van der Waals surface area contributed by atoms with Gasteiger partial charge in [0.15, 0.2) is 0 Å². The number of carbonyl (C=O) groups excluding carboxylic acids is 1. The fourth-order valence-corrected chi connectivity index (χ4v) is 3.61. The van der Waals surface area contributed by atoms with Gasteiger partial charge in [0.25, 0.3) is 0 Å². The van der Waals surface area contributed by atoms with Gasteiger partial charge in [-0.2, -0.15) is 13.2 Å². The molecule has 1 atom stereocenters. The van der Waals surface area contributed by atoms with Crippen molar-refractivity contribution in [3.05, 3.63) is 35.4 Å². The van der Waals surface area contributed by atoms with Gasteiger partial charge in [-0.15, -0.1) is 23.4 Å². The summed E-state index contributed by atoms with van der Waals surface area (Å²) in [7, 11) is 0. The van der Waals surface area contributed by atoms with Crippen molar-refractivity contribution in [1.29, 1.82) is 0 Å². The predicted octanol–water partition coefficient (Wildman–Crippen LogP) is 4.54. The van der Waals surface area contributed by atoms with E-state index in [1.807, 2.05) is 0 Å². The first-order chi connectivity index (χ1) is 10.2. The minimum atomic E-state index is -4.35. The summed E-state index contributed by atoms with van der Waals surface area (Å²) in [6.45, 7) is 4.12. The molecule has 1 aliphatic rings. The lowest BCUT2D eigenvalue weighted by molar-refractivity contribution is -0.139. The number of hydrogen-bond donors (Lipinski definition) is 0. The lowest BCUT2D eigenvalue weighted by Gasteiger charge is -2.31. The lowest BCUT2D eigenvalue weighted by atomic mass is 9.94. The molecule has 2 rings (SSSR count). The molecule has 1 saturated heterocycles. The molecular formula is C15H17ClF3NOS. The summed E-state index contributed by atoms with van der Waals surface area (Å²) < 4.78 is 37.9. The normalized spacial score (nSPS) is 19.5. The summed E-state index contributed by atoms with van der Waals surface area (Å²) in [5, 5.41) is -0.253. The van der Waals surface area contributed by atoms with E-state index >= 15 is 0 Å². The van der Waals surface area contributed by atoms with Gasteiger partial charge < -0.3 is 4.90 Å². The molecule has 1 aromatic rings. The second-order valence-corrected chi connectivity index (χ2v) is 7.31. The molecule has 1 aromatic carbocycles. The van der Waals surface area contributed by atoms with Crippen LogP contribution in [0.25, 0.3) is 0 Å². The number of amides is 1. The first-order valence-corrected chi connectivity index (χ1v) is 8.41. The van der Waals surface area contributed by atoms with E-state index in [0.717, 1.165) is 17.9 Å². The zero-order valence-electron chi connectivity index (χ0n) is 12.3. The Hall–Kier alpha value is -0.880. The van der Waals surface area contributed by atoms with E-state index < -0.39 is 17.2 Å². The second-order valence-electron chi connectivity index (χ2n) is 5.86. The molecule has 1 amide bonds. The van der Waals surface area contributed by atoms with Crippen molar-refractivity contribution in [3.8, 4) is 0 Å². The maximum Gasteiger partial charge on any atom is 0.416 e. The lowest BCUT2D eigenvalue weighted by Crippen LogP contribution is -2.41. The Morgan fingerprint density at radius 1 is 1.32 bits per heavy atom. The van der Waals surface area contributed by atoms with E-state index in [4.69, 9.17) is 11.6 Å². The quantitative estimate of drug-likeness (QED) is 0.745. The zero-order chi connectivity index (χ0) is 16.5. The van der Waals surface area contributed by atoms with Gasteiger partial charge >= 0.3 is 6.18 Å². The summed E-state index contributed by atoms with van der Waals surface area (Å²) in [6.07, 6.45) is -4.35. The van der Waals surface area contributed by atoms with Crippen LogP contribution in [-0.4, -0.2) is 29.0 Å². The van der Waals surface area contributed by atoms with Crippen molar-refractivity contribution in [1.82, 2.24) is 4.90 Å². The van der Waals surface area contributed by atoms with Crippen LogP contribution in [0, 0.1) is 5.41 Å². The molecule has 2 nitrogen and oxygen atoms in total. The molecule has 0 bridgehead atoms. The molecule has 0 unspecified atom stereocenters. The van der Waals surface area contributed by atoms with Crippen molar-refractivity contribution < 1.29 is 18.0 Å². The van der Waals surface area contributed by atoms with Crippen LogP contribution in [0.3, 0.4) is 0 Å². The Morgan fingerprint density at radius 3 is 2.41 bits per heavy atom. The number of carbonyl (C=O) groups is 1. The van der Waals surface area contributed by atoms with Crippen LogP contribution in [-0.2, 0) is 11.0 Å². The molecule has 7 heteroatoms. The minimum Gasteiger partial charge on any atom is -0.325 e. The molecule has 0 aliphatic carbocycles. The van der Waals surface area contributed by atoms with Crippen LogP contribution in [0.4, 0.5) is 13.2 Å². The summed E-state index contributed by atoms with van der Waals surface area (Å²) in [6, 6.07) is 5.01. The number of thioether (sulfide) groups is 1. The van der Waals surface area contributed by atoms with E-state index in [0.29, 0.717) is 12.1 Å². The van der Waals surface area contributed by atoms with Crippen LogP contribution in [0.1, 0.15) is 30.3 Å². The molecule has 0 radical (unpaired) electrons. The molecule has 1 aliphatic heterocycles. The minimum absolute atomic E-state index is 0.0719. The summed E-state index contributed by atoms with van der Waals surface area (Å²) >= 11 is 7.40. The van der Waals surface area contributed by atoms with Gasteiger partial charge in [-0.1, -0.05) is 12.1 Å². The van der Waals surface area contributed by atoms with Gasteiger partial charge in [-0.05, 0) is 31.5 Å². The van der Waals surface area contributed by atoms with Crippen LogP contribution in [0.15, 0.2) is 24.3 Å². The molecule has 0 saturated carbocycles. The number of rotatable bonds is 3. The van der Waals surface area contributed by atoms with Crippen LogP contribution >= 0.6 is 23.4 Å². The van der Waals surface area contributed by atoms with E-state index in [1.165, 1.54) is 12.1 Å². The smallest absolute Gasteiger partial charge is 0.325 e. The van der Waals surface area contributed by atoms with Crippen LogP contribution in [0.2, 0.25) is 0 Å². The van der Waals surface area contributed by atoms with Gasteiger partial charge in [0.1, 0.15) is 5.37 Å². The zero-order valence-corrected chi connectivity index (χ0v) is 13.9. The van der Waals surface area contributed by atoms with Crippen LogP contribution in [0.5, 0.6) is 0 Å². The number of nitrogens with zero attached hydrogens (tertiary/aromatic N) is 1. The monoisotopic (exact) mass is 351 g/mol. The highest BCUT2D eigenvalue weighted by Crippen LogP contribution is 2.41. The summed E-state index contributed by atoms with van der Waals surface area (Å²) in [5.41, 5.74) is -0.663. The highest BCUT2D eigenvalue weighted by Gasteiger charge is 2.38. The first kappa shape index (κ1) is 17.5. The fraction of sp³-hybridized carbons (Fsp3) is 0.533. The Morgan fingerprint density at radius 2 is 1.91 bits per heavy atom. The van der Waals surface area contributed by atoms with Gasteiger partial charge in [0.2, 0.25) is 5.91 Å². The third kappa shape index (κ3) is 3.54. The molecule has 122 valence electrons. The third-order valence-electron chi connectivity index (χ3n) is 3.59. The predicted molar refractivity (Wildman–Crippen MR) is 82.9 cm³/mol. The van der Waals surface area contributed by atoms with Gasteiger partial charge in [-0.3, -0.25) is 4.79 Å². The van der Waals surface area contributed by atoms with E-state index in [-0.39, 0.29) is 17.2 Å². The van der Waals surface area contributed by atoms with E-state index in [1.54, 1.807) is 30.5 Å². The molecule has 0 spiro atoms. The Kier molecular flexibility index (Phi) is 5.02. The molecular weight excluding hydrogens is 335 g/mol. The summed E-state index contributed by atoms with van der Waals surface area (Å²) in [4.78, 5) is 14.3. The highest BCUT2D eigenvalue weighted by molar-refractivity contribution is 7.99. The van der Waals surface area contributed by atoms with E-state index in [2.05, 4.69) is 0 Å². The first-order valence-electron chi connectivity index (χ1n) is 6.82.